The van der Waals surface area contributed by atoms with Crippen molar-refractivity contribution in [2.24, 2.45) is 0 Å². The Balaban J connectivity index is 3.39. The van der Waals surface area contributed by atoms with Crippen LogP contribution in [0.25, 0.3) is 0 Å². The van der Waals surface area contributed by atoms with Gasteiger partial charge in [-0.3, -0.25) is 4.79 Å². The number of hydrogen-bond acceptors (Lipinski definition) is 3. The van der Waals surface area contributed by atoms with E-state index in [-0.39, 0.29) is 16.3 Å². The first-order valence-corrected chi connectivity index (χ1v) is 4.75. The third kappa shape index (κ3) is 2.04. The lowest BCUT2D eigenvalue weighted by atomic mass is 10.00. The molecule has 1 rings (SSSR count). The zero-order valence-electron chi connectivity index (χ0n) is 8.62. The lowest BCUT2D eigenvalue weighted by Crippen LogP contribution is -2.08. The van der Waals surface area contributed by atoms with Gasteiger partial charge in [-0.1, -0.05) is 11.6 Å². The standard InChI is InChI=1S/C10H10ClFO4/c1-4(10(14)15)5-3-6(11)9(16-2)7(12)8(5)13/h3-4,13H,1-2H3,(H,14,15). The molecule has 0 aliphatic heterocycles. The molecule has 4 nitrogen and oxygen atoms in total. The number of carboxylic acids is 1. The van der Waals surface area contributed by atoms with E-state index in [1.54, 1.807) is 0 Å². The molecule has 2 N–H and O–H groups in total. The van der Waals surface area contributed by atoms with Crippen LogP contribution in [0.2, 0.25) is 5.02 Å². The van der Waals surface area contributed by atoms with Crippen LogP contribution in [0.5, 0.6) is 11.5 Å². The molecule has 0 aliphatic rings. The molecule has 0 saturated heterocycles. The highest BCUT2D eigenvalue weighted by molar-refractivity contribution is 6.32. The Bertz CT molecular complexity index is 433. The van der Waals surface area contributed by atoms with Crippen molar-refractivity contribution in [2.75, 3.05) is 7.11 Å². The lowest BCUT2D eigenvalue weighted by molar-refractivity contribution is -0.138. The number of carboxylic acid groups (broad SMARTS) is 1. The molecule has 88 valence electrons. The Labute approximate surface area is 96.2 Å². The molecule has 0 aromatic heterocycles. The van der Waals surface area contributed by atoms with Gasteiger partial charge in [0.2, 0.25) is 5.82 Å². The molecular weight excluding hydrogens is 239 g/mol. The molecule has 1 aromatic carbocycles. The topological polar surface area (TPSA) is 66.8 Å². The molecule has 0 aliphatic carbocycles. The third-order valence-electron chi connectivity index (χ3n) is 2.22. The van der Waals surface area contributed by atoms with Crippen molar-refractivity contribution < 1.29 is 24.1 Å². The molecule has 1 aromatic rings. The number of phenols is 1. The highest BCUT2D eigenvalue weighted by atomic mass is 35.5. The van der Waals surface area contributed by atoms with Gasteiger partial charge in [0.1, 0.15) is 0 Å². The summed E-state index contributed by atoms with van der Waals surface area (Å²) in [5.41, 5.74) is -0.0872. The number of rotatable bonds is 3. The van der Waals surface area contributed by atoms with E-state index in [1.807, 2.05) is 0 Å². The van der Waals surface area contributed by atoms with Crippen molar-refractivity contribution in [3.05, 3.63) is 22.5 Å². The zero-order valence-corrected chi connectivity index (χ0v) is 9.38. The molecule has 1 atom stereocenters. The minimum absolute atomic E-state index is 0.0825. The summed E-state index contributed by atoms with van der Waals surface area (Å²) in [6, 6.07) is 1.18. The minimum Gasteiger partial charge on any atom is -0.505 e. The van der Waals surface area contributed by atoms with Gasteiger partial charge >= 0.3 is 5.97 Å². The summed E-state index contributed by atoms with van der Waals surface area (Å²) in [5.74, 6) is -4.36. The van der Waals surface area contributed by atoms with E-state index in [0.29, 0.717) is 0 Å². The number of carbonyl (C=O) groups is 1. The summed E-state index contributed by atoms with van der Waals surface area (Å²) in [5, 5.41) is 18.2. The number of phenolic OH excluding ortho intramolecular Hbond substituents is 1. The molecule has 16 heavy (non-hydrogen) atoms. The monoisotopic (exact) mass is 248 g/mol. The summed E-state index contributed by atoms with van der Waals surface area (Å²) in [6.45, 7) is 1.32. The van der Waals surface area contributed by atoms with E-state index in [4.69, 9.17) is 16.7 Å². The van der Waals surface area contributed by atoms with Crippen LogP contribution in [0.15, 0.2) is 6.07 Å². The molecule has 0 amide bonds. The van der Waals surface area contributed by atoms with Crippen molar-refractivity contribution in [1.82, 2.24) is 0 Å². The minimum atomic E-state index is -1.18. The fraction of sp³-hybridized carbons (Fsp3) is 0.300. The van der Waals surface area contributed by atoms with E-state index in [0.717, 1.165) is 0 Å². The van der Waals surface area contributed by atoms with E-state index >= 15 is 0 Å². The van der Waals surface area contributed by atoms with Gasteiger partial charge in [0.25, 0.3) is 0 Å². The van der Waals surface area contributed by atoms with Gasteiger partial charge in [-0.25, -0.2) is 0 Å². The average molecular weight is 249 g/mol. The van der Waals surface area contributed by atoms with Crippen LogP contribution in [0.1, 0.15) is 18.4 Å². The van der Waals surface area contributed by atoms with Gasteiger partial charge in [0, 0.05) is 5.56 Å². The molecule has 0 spiro atoms. The average Bonchev–Trinajstić information content (AvgIpc) is 2.23. The number of ether oxygens (including phenoxy) is 1. The number of methoxy groups -OCH3 is 1. The van der Waals surface area contributed by atoms with Crippen molar-refractivity contribution in [1.29, 1.82) is 0 Å². The summed E-state index contributed by atoms with van der Waals surface area (Å²) in [7, 11) is 1.20. The van der Waals surface area contributed by atoms with Gasteiger partial charge in [0.05, 0.1) is 18.1 Å². The second-order valence-corrected chi connectivity index (χ2v) is 3.61. The second kappa shape index (κ2) is 4.57. The predicted octanol–water partition coefficient (Wildman–Crippen LogP) is 2.38. The number of halogens is 2. The van der Waals surface area contributed by atoms with Crippen LogP contribution in [0.3, 0.4) is 0 Å². The molecule has 0 bridgehead atoms. The fourth-order valence-corrected chi connectivity index (χ4v) is 1.54. The normalized spacial score (nSPS) is 12.2. The maximum atomic E-state index is 13.5. The zero-order chi connectivity index (χ0) is 12.5. The van der Waals surface area contributed by atoms with Gasteiger partial charge < -0.3 is 14.9 Å². The summed E-state index contributed by atoms with van der Waals surface area (Å²) in [4.78, 5) is 10.7. The van der Waals surface area contributed by atoms with Crippen molar-refractivity contribution in [3.8, 4) is 11.5 Å². The number of aliphatic carboxylic acids is 1. The van der Waals surface area contributed by atoms with Crippen molar-refractivity contribution in [2.45, 2.75) is 12.8 Å². The molecule has 0 saturated carbocycles. The van der Waals surface area contributed by atoms with Crippen LogP contribution in [0, 0.1) is 5.82 Å². The first-order valence-electron chi connectivity index (χ1n) is 4.37. The fourth-order valence-electron chi connectivity index (χ4n) is 1.26. The summed E-state index contributed by atoms with van der Waals surface area (Å²) < 4.78 is 18.1. The third-order valence-corrected chi connectivity index (χ3v) is 2.50. The highest BCUT2D eigenvalue weighted by Gasteiger charge is 2.24. The van der Waals surface area contributed by atoms with Gasteiger partial charge in [0.15, 0.2) is 11.5 Å². The SMILES string of the molecule is COc1c(Cl)cc(C(C)C(=O)O)c(O)c1F. The number of hydrogen-bond donors (Lipinski definition) is 2. The summed E-state index contributed by atoms with van der Waals surface area (Å²) in [6.07, 6.45) is 0. The Morgan fingerprint density at radius 2 is 2.19 bits per heavy atom. The second-order valence-electron chi connectivity index (χ2n) is 3.20. The Hall–Kier alpha value is -1.49. The van der Waals surface area contributed by atoms with Crippen LogP contribution in [-0.2, 0) is 4.79 Å². The molecule has 1 unspecified atom stereocenters. The first kappa shape index (κ1) is 12.6. The van der Waals surface area contributed by atoms with Crippen molar-refractivity contribution in [3.63, 3.8) is 0 Å². The Morgan fingerprint density at radius 1 is 1.62 bits per heavy atom. The van der Waals surface area contributed by atoms with E-state index in [2.05, 4.69) is 4.74 Å². The molecule has 6 heteroatoms. The predicted molar refractivity (Wildman–Crippen MR) is 55.7 cm³/mol. The van der Waals surface area contributed by atoms with E-state index in [9.17, 15) is 14.3 Å². The van der Waals surface area contributed by atoms with Gasteiger partial charge in [-0.05, 0) is 13.0 Å². The smallest absolute Gasteiger partial charge is 0.310 e. The van der Waals surface area contributed by atoms with Crippen LogP contribution >= 0.6 is 11.6 Å². The maximum absolute atomic E-state index is 13.5. The molecule has 0 radical (unpaired) electrons. The van der Waals surface area contributed by atoms with Gasteiger partial charge in [-0.2, -0.15) is 4.39 Å². The molecule has 0 fully saturated rings. The quantitative estimate of drug-likeness (QED) is 0.862. The molecule has 0 heterocycles. The Morgan fingerprint density at radius 3 is 2.62 bits per heavy atom. The van der Waals surface area contributed by atoms with Gasteiger partial charge in [-0.15, -0.1) is 0 Å². The number of benzene rings is 1. The van der Waals surface area contributed by atoms with E-state index in [1.165, 1.54) is 20.1 Å². The van der Waals surface area contributed by atoms with Crippen LogP contribution in [0.4, 0.5) is 4.39 Å². The van der Waals surface area contributed by atoms with E-state index < -0.39 is 23.5 Å². The number of aromatic hydroxyl groups is 1. The molecular formula is C10H10ClFO4. The maximum Gasteiger partial charge on any atom is 0.310 e. The highest BCUT2D eigenvalue weighted by Crippen LogP contribution is 2.39. The van der Waals surface area contributed by atoms with Crippen LogP contribution in [-0.4, -0.2) is 23.3 Å². The lowest BCUT2D eigenvalue weighted by Gasteiger charge is -2.13. The Kier molecular flexibility index (Phi) is 3.59. The summed E-state index contributed by atoms with van der Waals surface area (Å²) >= 11 is 5.69. The largest absolute Gasteiger partial charge is 0.505 e. The van der Waals surface area contributed by atoms with Crippen molar-refractivity contribution >= 4 is 17.6 Å². The van der Waals surface area contributed by atoms with Crippen LogP contribution < -0.4 is 4.74 Å². The first-order chi connectivity index (χ1) is 7.40.